The lowest BCUT2D eigenvalue weighted by atomic mass is 10.1. The van der Waals surface area contributed by atoms with Crippen LogP contribution in [0.2, 0.25) is 5.02 Å². The zero-order valence-electron chi connectivity index (χ0n) is 14.7. The van der Waals surface area contributed by atoms with Crippen LogP contribution in [0.1, 0.15) is 25.3 Å². The Balaban J connectivity index is 1.77. The Bertz CT molecular complexity index is 849. The maximum atomic E-state index is 6.26. The van der Waals surface area contributed by atoms with Crippen LogP contribution in [0, 0.1) is 0 Å². The van der Waals surface area contributed by atoms with Crippen molar-refractivity contribution in [3.63, 3.8) is 0 Å². The van der Waals surface area contributed by atoms with Gasteiger partial charge in [0.05, 0.1) is 11.4 Å². The zero-order valence-corrected chi connectivity index (χ0v) is 17.1. The number of hydrogen-bond donors (Lipinski definition) is 1. The van der Waals surface area contributed by atoms with E-state index < -0.39 is 0 Å². The monoisotopic (exact) mass is 403 g/mol. The summed E-state index contributed by atoms with van der Waals surface area (Å²) in [5.74, 6) is 0. The zero-order chi connectivity index (χ0) is 18.3. The van der Waals surface area contributed by atoms with Crippen LogP contribution < -0.4 is 10.6 Å². The maximum Gasteiger partial charge on any atom is 0.104 e. The van der Waals surface area contributed by atoms with Crippen LogP contribution in [0.25, 0.3) is 0 Å². The molecule has 0 spiro atoms. The predicted octanol–water partition coefficient (Wildman–Crippen LogP) is 5.06. The lowest BCUT2D eigenvalue weighted by Crippen LogP contribution is -2.40. The summed E-state index contributed by atoms with van der Waals surface area (Å²) in [5.41, 5.74) is 9.20. The van der Waals surface area contributed by atoms with Gasteiger partial charge in [-0.3, -0.25) is 0 Å². The van der Waals surface area contributed by atoms with Gasteiger partial charge < -0.3 is 15.5 Å². The topological polar surface area (TPSA) is 32.5 Å². The van der Waals surface area contributed by atoms with Gasteiger partial charge in [0, 0.05) is 33.0 Å². The van der Waals surface area contributed by atoms with Crippen LogP contribution in [-0.2, 0) is 0 Å². The number of nitrogens with two attached hydrogens (primary N) is 1. The molecule has 4 rings (SSSR count). The lowest BCUT2D eigenvalue weighted by Gasteiger charge is -2.39. The van der Waals surface area contributed by atoms with E-state index in [2.05, 4.69) is 41.0 Å². The van der Waals surface area contributed by atoms with E-state index in [0.717, 1.165) is 17.1 Å². The van der Waals surface area contributed by atoms with Gasteiger partial charge in [0.1, 0.15) is 4.99 Å². The van der Waals surface area contributed by atoms with Crippen molar-refractivity contribution < 1.29 is 0 Å². The average molecular weight is 404 g/mol. The smallest absolute Gasteiger partial charge is 0.104 e. The molecule has 0 radical (unpaired) electrons. The van der Waals surface area contributed by atoms with E-state index >= 15 is 0 Å². The number of anilines is 2. The number of fused-ring (bicyclic) bond motifs is 2. The fourth-order valence-electron chi connectivity index (χ4n) is 3.86. The second-order valence-electron chi connectivity index (χ2n) is 6.99. The largest absolute Gasteiger partial charge is 0.389 e. The minimum atomic E-state index is 0.342. The molecule has 1 fully saturated rings. The molecule has 0 aromatic heterocycles. The van der Waals surface area contributed by atoms with E-state index in [-0.39, 0.29) is 0 Å². The van der Waals surface area contributed by atoms with Gasteiger partial charge in [-0.25, -0.2) is 0 Å². The van der Waals surface area contributed by atoms with Crippen molar-refractivity contribution in [3.05, 3.63) is 47.0 Å². The lowest BCUT2D eigenvalue weighted by molar-refractivity contribution is 0.319. The van der Waals surface area contributed by atoms with E-state index in [1.807, 2.05) is 12.1 Å². The third kappa shape index (κ3) is 3.46. The summed E-state index contributed by atoms with van der Waals surface area (Å²) < 4.78 is 0. The molecule has 0 saturated carbocycles. The summed E-state index contributed by atoms with van der Waals surface area (Å²) in [5, 5.41) is 0.770. The maximum absolute atomic E-state index is 6.26. The van der Waals surface area contributed by atoms with Crippen molar-refractivity contribution in [2.45, 2.75) is 35.6 Å². The number of thiocarbonyl (C=S) groups is 1. The Labute approximate surface area is 169 Å². The standard InChI is InChI=1S/C20H22ClN3S2/c1-13(12-23-8-2-3-9-23)24-16-6-5-15(21)11-19(16)26-18-7-4-14(20(22)25)10-17(18)24/h4-7,10-11,13H,2-3,8-9,12H2,1H3,(H2,22,25)/t13-/m1/s1. The Hall–Kier alpha value is -1.27. The molecule has 2 aliphatic heterocycles. The summed E-state index contributed by atoms with van der Waals surface area (Å²) >= 11 is 13.2. The van der Waals surface area contributed by atoms with E-state index in [1.54, 1.807) is 11.8 Å². The van der Waals surface area contributed by atoms with Crippen molar-refractivity contribution in [1.82, 2.24) is 4.90 Å². The van der Waals surface area contributed by atoms with E-state index in [4.69, 9.17) is 29.6 Å². The highest BCUT2D eigenvalue weighted by atomic mass is 35.5. The number of hydrogen-bond acceptors (Lipinski definition) is 4. The SMILES string of the molecule is C[C@H](CN1CCCC1)N1c2ccc(Cl)cc2Sc2ccc(C(N)=S)cc21. The summed E-state index contributed by atoms with van der Waals surface area (Å²) in [4.78, 5) is 7.83. The number of likely N-dealkylation sites (tertiary alicyclic amines) is 1. The number of halogens is 1. The van der Waals surface area contributed by atoms with Crippen LogP contribution >= 0.6 is 35.6 Å². The predicted molar refractivity (Wildman–Crippen MR) is 115 cm³/mol. The fraction of sp³-hybridized carbons (Fsp3) is 0.350. The van der Waals surface area contributed by atoms with E-state index in [1.165, 1.54) is 47.1 Å². The number of nitrogens with zero attached hydrogens (tertiary/aromatic N) is 2. The van der Waals surface area contributed by atoms with Gasteiger partial charge in [0.15, 0.2) is 0 Å². The molecule has 2 aromatic carbocycles. The Morgan fingerprint density at radius 1 is 1.15 bits per heavy atom. The Morgan fingerprint density at radius 2 is 1.92 bits per heavy atom. The van der Waals surface area contributed by atoms with Gasteiger partial charge >= 0.3 is 0 Å². The van der Waals surface area contributed by atoms with Crippen LogP contribution in [-0.4, -0.2) is 35.6 Å². The molecular formula is C20H22ClN3S2. The molecule has 2 N–H and O–H groups in total. The molecule has 2 heterocycles. The minimum Gasteiger partial charge on any atom is -0.389 e. The molecule has 1 atom stereocenters. The van der Waals surface area contributed by atoms with Gasteiger partial charge in [-0.05, 0) is 63.2 Å². The van der Waals surface area contributed by atoms with Crippen molar-refractivity contribution in [2.75, 3.05) is 24.5 Å². The summed E-state index contributed by atoms with van der Waals surface area (Å²) in [6, 6.07) is 12.8. The van der Waals surface area contributed by atoms with Crippen molar-refractivity contribution in [3.8, 4) is 0 Å². The van der Waals surface area contributed by atoms with E-state index in [9.17, 15) is 0 Å². The highest BCUT2D eigenvalue weighted by Crippen LogP contribution is 2.50. The molecule has 26 heavy (non-hydrogen) atoms. The van der Waals surface area contributed by atoms with Gasteiger partial charge in [-0.2, -0.15) is 0 Å². The van der Waals surface area contributed by atoms with Crippen molar-refractivity contribution in [1.29, 1.82) is 0 Å². The first kappa shape index (κ1) is 18.1. The second-order valence-corrected chi connectivity index (χ2v) is 8.95. The van der Waals surface area contributed by atoms with Gasteiger partial charge in [-0.15, -0.1) is 0 Å². The number of benzene rings is 2. The molecule has 0 unspecified atom stereocenters. The Kier molecular flexibility index (Phi) is 5.15. The third-order valence-electron chi connectivity index (χ3n) is 5.07. The van der Waals surface area contributed by atoms with Crippen LogP contribution in [0.3, 0.4) is 0 Å². The molecule has 6 heteroatoms. The molecule has 2 aromatic rings. The van der Waals surface area contributed by atoms with Gasteiger partial charge in [0.25, 0.3) is 0 Å². The molecular weight excluding hydrogens is 382 g/mol. The van der Waals surface area contributed by atoms with Crippen LogP contribution in [0.5, 0.6) is 0 Å². The fourth-order valence-corrected chi connectivity index (χ4v) is 5.31. The van der Waals surface area contributed by atoms with Crippen LogP contribution in [0.4, 0.5) is 11.4 Å². The highest BCUT2D eigenvalue weighted by Gasteiger charge is 2.29. The average Bonchev–Trinajstić information content (AvgIpc) is 3.11. The third-order valence-corrected chi connectivity index (χ3v) is 6.65. The second kappa shape index (κ2) is 7.39. The summed E-state index contributed by atoms with van der Waals surface area (Å²) in [7, 11) is 0. The van der Waals surface area contributed by atoms with Gasteiger partial charge in [-0.1, -0.05) is 41.6 Å². The molecule has 0 bridgehead atoms. The first-order valence-electron chi connectivity index (χ1n) is 8.96. The molecule has 1 saturated heterocycles. The molecule has 2 aliphatic rings. The van der Waals surface area contributed by atoms with Gasteiger partial charge in [0.2, 0.25) is 0 Å². The van der Waals surface area contributed by atoms with Crippen molar-refractivity contribution >= 4 is 51.9 Å². The first-order chi connectivity index (χ1) is 12.5. The van der Waals surface area contributed by atoms with E-state index in [0.29, 0.717) is 11.0 Å². The highest BCUT2D eigenvalue weighted by molar-refractivity contribution is 7.99. The minimum absolute atomic E-state index is 0.342. The first-order valence-corrected chi connectivity index (χ1v) is 10.6. The quantitative estimate of drug-likeness (QED) is 0.721. The number of rotatable bonds is 4. The molecule has 0 amide bonds. The van der Waals surface area contributed by atoms with Crippen molar-refractivity contribution in [2.24, 2.45) is 5.73 Å². The summed E-state index contributed by atoms with van der Waals surface area (Å²) in [6.45, 7) is 5.73. The Morgan fingerprint density at radius 3 is 2.65 bits per heavy atom. The molecule has 136 valence electrons. The normalized spacial score (nSPS) is 17.7. The summed E-state index contributed by atoms with van der Waals surface area (Å²) in [6.07, 6.45) is 2.61. The van der Waals surface area contributed by atoms with Crippen LogP contribution in [0.15, 0.2) is 46.2 Å². The molecule has 0 aliphatic carbocycles. The molecule has 3 nitrogen and oxygen atoms in total.